The highest BCUT2D eigenvalue weighted by molar-refractivity contribution is 7.89. The Morgan fingerprint density at radius 3 is 2.75 bits per heavy atom. The highest BCUT2D eigenvalue weighted by Crippen LogP contribution is 2.31. The van der Waals surface area contributed by atoms with Gasteiger partial charge in [-0.1, -0.05) is 0 Å². The number of rotatable bonds is 5. The van der Waals surface area contributed by atoms with Crippen LogP contribution >= 0.6 is 0 Å². The van der Waals surface area contributed by atoms with Crippen molar-refractivity contribution in [2.24, 2.45) is 0 Å². The summed E-state index contributed by atoms with van der Waals surface area (Å²) in [7, 11) is 0.124. The minimum Gasteiger partial charge on any atom is -0.381 e. The van der Waals surface area contributed by atoms with Crippen LogP contribution in [0.1, 0.15) is 29.5 Å². The number of aryl methyl sites for hydroxylation is 1. The lowest BCUT2D eigenvalue weighted by Gasteiger charge is -2.27. The average Bonchev–Trinajstić information content (AvgIpc) is 3.48. The third kappa shape index (κ3) is 3.68. The van der Waals surface area contributed by atoms with E-state index in [0.717, 1.165) is 37.9 Å². The number of hydrogen-bond acceptors (Lipinski definition) is 7. The Kier molecular flexibility index (Phi) is 5.03. The van der Waals surface area contributed by atoms with Crippen LogP contribution < -0.4 is 5.73 Å². The monoisotopic (exact) mass is 453 g/mol. The van der Waals surface area contributed by atoms with Crippen LogP contribution in [-0.2, 0) is 23.0 Å². The molecule has 0 spiro atoms. The second-order valence-electron chi connectivity index (χ2n) is 8.76. The summed E-state index contributed by atoms with van der Waals surface area (Å²) in [6, 6.07) is 4.35. The third-order valence-corrected chi connectivity index (χ3v) is 8.20. The molecule has 2 aromatic heterocycles. The van der Waals surface area contributed by atoms with E-state index in [-0.39, 0.29) is 16.8 Å². The van der Waals surface area contributed by atoms with Gasteiger partial charge in [-0.05, 0) is 62.1 Å². The number of nitrogen functional groups attached to an aromatic ring is 1. The molecule has 0 radical (unpaired) electrons. The van der Waals surface area contributed by atoms with Crippen molar-refractivity contribution in [1.82, 2.24) is 29.0 Å². The maximum absolute atomic E-state index is 12.8. The van der Waals surface area contributed by atoms with Crippen LogP contribution in [0.2, 0.25) is 0 Å². The van der Waals surface area contributed by atoms with Gasteiger partial charge in [0, 0.05) is 31.7 Å². The molecule has 32 heavy (non-hydrogen) atoms. The van der Waals surface area contributed by atoms with Gasteiger partial charge in [0.15, 0.2) is 11.6 Å². The average molecular weight is 454 g/mol. The molecule has 0 atom stereocenters. The number of nitrogens with zero attached hydrogens (tertiary/aromatic N) is 6. The molecule has 168 valence electrons. The van der Waals surface area contributed by atoms with Crippen molar-refractivity contribution in [2.75, 3.05) is 26.4 Å². The second-order valence-corrected chi connectivity index (χ2v) is 10.8. The van der Waals surface area contributed by atoms with E-state index in [1.54, 1.807) is 13.2 Å². The first-order valence-electron chi connectivity index (χ1n) is 10.7. The Balaban J connectivity index is 1.51. The molecule has 2 N–H and O–H groups in total. The van der Waals surface area contributed by atoms with Crippen LogP contribution in [0.25, 0.3) is 17.1 Å². The molecule has 0 saturated heterocycles. The molecule has 1 aliphatic heterocycles. The van der Waals surface area contributed by atoms with Crippen LogP contribution in [0.4, 0.5) is 5.82 Å². The molecular weight excluding hydrogens is 426 g/mol. The first kappa shape index (κ1) is 21.0. The van der Waals surface area contributed by atoms with Gasteiger partial charge < -0.3 is 10.6 Å². The molecule has 2 aliphatic rings. The summed E-state index contributed by atoms with van der Waals surface area (Å²) in [5, 5.41) is 4.23. The lowest BCUT2D eigenvalue weighted by atomic mass is 9.92. The first-order valence-corrected chi connectivity index (χ1v) is 12.1. The summed E-state index contributed by atoms with van der Waals surface area (Å²) in [4.78, 5) is 11.4. The maximum Gasteiger partial charge on any atom is 0.246 e. The summed E-state index contributed by atoms with van der Waals surface area (Å²) in [6.45, 7) is 4.08. The molecule has 1 fully saturated rings. The fourth-order valence-electron chi connectivity index (χ4n) is 4.26. The van der Waals surface area contributed by atoms with Crippen molar-refractivity contribution in [3.8, 4) is 17.1 Å². The van der Waals surface area contributed by atoms with Crippen LogP contribution in [0.5, 0.6) is 0 Å². The van der Waals surface area contributed by atoms with Gasteiger partial charge in [0.25, 0.3) is 0 Å². The Hall–Kier alpha value is -2.82. The number of fused-ring (bicyclic) bond motifs is 1. The molecule has 9 nitrogen and oxygen atoms in total. The van der Waals surface area contributed by atoms with E-state index in [1.165, 1.54) is 38.1 Å². The molecule has 0 unspecified atom stereocenters. The third-order valence-electron chi connectivity index (χ3n) is 6.34. The SMILES string of the molecule is Cc1cc(-c2cnc(N)c(-n3cc(S(=O)(=O)N(C)C4CC4)cn3)n2)cc2c1CCN(C)C2. The highest BCUT2D eigenvalue weighted by atomic mass is 32.2. The van der Waals surface area contributed by atoms with Gasteiger partial charge in [-0.25, -0.2) is 23.1 Å². The summed E-state index contributed by atoms with van der Waals surface area (Å²) < 4.78 is 28.5. The zero-order valence-corrected chi connectivity index (χ0v) is 19.3. The van der Waals surface area contributed by atoms with E-state index in [2.05, 4.69) is 41.1 Å². The highest BCUT2D eigenvalue weighted by Gasteiger charge is 2.35. The van der Waals surface area contributed by atoms with Gasteiger partial charge in [0.1, 0.15) is 4.90 Å². The molecule has 10 heteroatoms. The van der Waals surface area contributed by atoms with Crippen molar-refractivity contribution in [2.45, 2.75) is 43.7 Å². The maximum atomic E-state index is 12.8. The van der Waals surface area contributed by atoms with Gasteiger partial charge in [0.2, 0.25) is 10.0 Å². The predicted octanol–water partition coefficient (Wildman–Crippen LogP) is 1.99. The number of nitrogens with two attached hydrogens (primary N) is 1. The van der Waals surface area contributed by atoms with Crippen LogP contribution in [0.3, 0.4) is 0 Å². The molecule has 1 saturated carbocycles. The number of hydrogen-bond donors (Lipinski definition) is 1. The van der Waals surface area contributed by atoms with Crippen LogP contribution in [0, 0.1) is 6.92 Å². The molecule has 5 rings (SSSR count). The van der Waals surface area contributed by atoms with Gasteiger partial charge in [-0.15, -0.1) is 0 Å². The number of benzene rings is 1. The minimum absolute atomic E-state index is 0.0721. The Bertz CT molecular complexity index is 1300. The summed E-state index contributed by atoms with van der Waals surface area (Å²) in [5.41, 5.74) is 11.7. The lowest BCUT2D eigenvalue weighted by molar-refractivity contribution is 0.312. The van der Waals surface area contributed by atoms with Gasteiger partial charge in [0.05, 0.1) is 24.3 Å². The standard InChI is InChI=1S/C22H27N7O2S/c1-14-8-15(9-16-12-27(2)7-6-19(14)16)20-11-24-21(23)22(26-20)29-13-18(10-25-29)32(30,31)28(3)17-4-5-17/h8-11,13,17H,4-7,12H2,1-3H3,(H2,23,24). The van der Waals surface area contributed by atoms with Gasteiger partial charge >= 0.3 is 0 Å². The van der Waals surface area contributed by atoms with E-state index in [0.29, 0.717) is 11.5 Å². The first-order chi connectivity index (χ1) is 15.2. The fourth-order valence-corrected chi connectivity index (χ4v) is 5.61. The van der Waals surface area contributed by atoms with Crippen molar-refractivity contribution in [1.29, 1.82) is 0 Å². The predicted molar refractivity (Wildman–Crippen MR) is 122 cm³/mol. The van der Waals surface area contributed by atoms with Gasteiger partial charge in [-0.3, -0.25) is 0 Å². The number of likely N-dealkylation sites (N-methyl/N-ethyl adjacent to an activating group) is 1. The minimum atomic E-state index is -3.60. The topological polar surface area (TPSA) is 110 Å². The van der Waals surface area contributed by atoms with E-state index in [4.69, 9.17) is 10.7 Å². The Labute approximate surface area is 187 Å². The smallest absolute Gasteiger partial charge is 0.246 e. The number of anilines is 1. The van der Waals surface area contributed by atoms with Crippen molar-refractivity contribution in [3.05, 3.63) is 47.4 Å². The van der Waals surface area contributed by atoms with Crippen molar-refractivity contribution >= 4 is 15.8 Å². The molecule has 1 aliphatic carbocycles. The van der Waals surface area contributed by atoms with E-state index < -0.39 is 10.0 Å². The zero-order chi connectivity index (χ0) is 22.6. The number of aromatic nitrogens is 4. The van der Waals surface area contributed by atoms with E-state index >= 15 is 0 Å². The van der Waals surface area contributed by atoms with Crippen molar-refractivity contribution < 1.29 is 8.42 Å². The van der Waals surface area contributed by atoms with Crippen molar-refractivity contribution in [3.63, 3.8) is 0 Å². The molecule has 3 aromatic rings. The Morgan fingerprint density at radius 1 is 1.22 bits per heavy atom. The summed E-state index contributed by atoms with van der Waals surface area (Å²) in [5.74, 6) is 0.497. The summed E-state index contributed by atoms with van der Waals surface area (Å²) in [6.07, 6.45) is 7.25. The molecule has 0 bridgehead atoms. The number of sulfonamides is 1. The molecule has 1 aromatic carbocycles. The quantitative estimate of drug-likeness (QED) is 0.629. The van der Waals surface area contributed by atoms with Crippen LogP contribution in [-0.4, -0.2) is 64.1 Å². The lowest BCUT2D eigenvalue weighted by Crippen LogP contribution is -2.28. The Morgan fingerprint density at radius 2 is 2.00 bits per heavy atom. The molecule has 0 amide bonds. The van der Waals surface area contributed by atoms with E-state index in [1.807, 2.05) is 0 Å². The second kappa shape index (κ2) is 7.65. The molecule has 3 heterocycles. The normalized spacial score (nSPS) is 17.0. The zero-order valence-electron chi connectivity index (χ0n) is 18.5. The van der Waals surface area contributed by atoms with E-state index in [9.17, 15) is 8.42 Å². The van der Waals surface area contributed by atoms with Crippen LogP contribution in [0.15, 0.2) is 35.6 Å². The largest absolute Gasteiger partial charge is 0.381 e. The van der Waals surface area contributed by atoms with Gasteiger partial charge in [-0.2, -0.15) is 9.40 Å². The summed E-state index contributed by atoms with van der Waals surface area (Å²) >= 11 is 0. The molecular formula is C22H27N7O2S. The fraction of sp³-hybridized carbons (Fsp3) is 0.409.